The molecule has 1 aliphatic rings. The fourth-order valence-corrected chi connectivity index (χ4v) is 2.51. The van der Waals surface area contributed by atoms with Crippen LogP contribution in [0.15, 0.2) is 4.99 Å². The summed E-state index contributed by atoms with van der Waals surface area (Å²) < 4.78 is 0.253. The molecule has 0 aromatic heterocycles. The second-order valence-corrected chi connectivity index (χ2v) is 5.67. The number of aliphatic imine (C=N–C) groups is 1. The molecule has 0 fully saturated rings. The maximum Gasteiger partial charge on any atom is 0.101 e. The summed E-state index contributed by atoms with van der Waals surface area (Å²) in [7, 11) is 0. The van der Waals surface area contributed by atoms with Crippen LogP contribution < -0.4 is 0 Å². The van der Waals surface area contributed by atoms with Gasteiger partial charge in [0, 0.05) is 11.0 Å². The van der Waals surface area contributed by atoms with E-state index in [4.69, 9.17) is 0 Å². The molecule has 2 heteroatoms. The Kier molecular flexibility index (Phi) is 1.39. The van der Waals surface area contributed by atoms with Crippen LogP contribution in [-0.4, -0.2) is 15.8 Å². The minimum absolute atomic E-state index is 0.115. The van der Waals surface area contributed by atoms with Gasteiger partial charge < -0.3 is 0 Å². The Morgan fingerprint density at radius 2 is 1.78 bits per heavy atom. The number of rotatable bonds is 0. The molecule has 1 aliphatic heterocycles. The van der Waals surface area contributed by atoms with E-state index in [2.05, 4.69) is 32.7 Å². The molecular weight excluding hydrogens is 130 g/mol. The molecule has 0 radical (unpaired) electrons. The Balaban J connectivity index is 2.71. The first-order valence-electron chi connectivity index (χ1n) is 3.18. The lowest BCUT2D eigenvalue weighted by atomic mass is 10.2. The summed E-state index contributed by atoms with van der Waals surface area (Å²) in [6.45, 7) is 8.66. The molecule has 0 bridgehead atoms. The molecule has 0 aliphatic carbocycles. The smallest absolute Gasteiger partial charge is 0.101 e. The molecule has 0 spiro atoms. The highest BCUT2D eigenvalue weighted by atomic mass is 32.2. The summed E-state index contributed by atoms with van der Waals surface area (Å²) in [6, 6.07) is 0. The van der Waals surface area contributed by atoms with Crippen molar-refractivity contribution in [2.24, 2.45) is 4.99 Å². The number of hydrogen-bond donors (Lipinski definition) is 0. The van der Waals surface area contributed by atoms with Gasteiger partial charge in [0.05, 0.1) is 0 Å². The Morgan fingerprint density at radius 1 is 1.22 bits per heavy atom. The Hall–Kier alpha value is 0.0200. The van der Waals surface area contributed by atoms with Crippen molar-refractivity contribution < 1.29 is 0 Å². The lowest BCUT2D eigenvalue weighted by molar-refractivity contribution is 0.775. The van der Waals surface area contributed by atoms with Gasteiger partial charge in [-0.2, -0.15) is 0 Å². The highest BCUT2D eigenvalue weighted by molar-refractivity contribution is 8.02. The highest BCUT2D eigenvalue weighted by Gasteiger charge is 2.32. The van der Waals surface area contributed by atoms with Gasteiger partial charge in [0.15, 0.2) is 0 Å². The minimum Gasteiger partial charge on any atom is -0.279 e. The fourth-order valence-electron chi connectivity index (χ4n) is 1.01. The normalized spacial score (nSPS) is 28.9. The summed E-state index contributed by atoms with van der Waals surface area (Å²) in [5.41, 5.74) is 0. The van der Waals surface area contributed by atoms with Gasteiger partial charge in [0.2, 0.25) is 0 Å². The standard InChI is InChI=1S/C7H13NS/c1-6(2)5-8-7(3,4)9-6/h5H,1-4H3. The zero-order chi connectivity index (χ0) is 7.12. The molecule has 0 atom stereocenters. The second kappa shape index (κ2) is 1.75. The first kappa shape index (κ1) is 7.13. The average Bonchev–Trinajstić information content (AvgIpc) is 1.78. The molecule has 0 aromatic rings. The van der Waals surface area contributed by atoms with Gasteiger partial charge in [-0.1, -0.05) is 0 Å². The summed E-state index contributed by atoms with van der Waals surface area (Å²) >= 11 is 1.90. The van der Waals surface area contributed by atoms with Crippen molar-refractivity contribution in [2.45, 2.75) is 37.3 Å². The van der Waals surface area contributed by atoms with E-state index in [0.29, 0.717) is 0 Å². The zero-order valence-electron chi connectivity index (χ0n) is 6.43. The topological polar surface area (TPSA) is 12.4 Å². The molecule has 0 saturated carbocycles. The van der Waals surface area contributed by atoms with Crippen molar-refractivity contribution in [3.8, 4) is 0 Å². The van der Waals surface area contributed by atoms with Crippen molar-refractivity contribution in [2.75, 3.05) is 0 Å². The van der Waals surface area contributed by atoms with Crippen LogP contribution in [0.25, 0.3) is 0 Å². The first-order valence-corrected chi connectivity index (χ1v) is 4.00. The van der Waals surface area contributed by atoms with Crippen LogP contribution in [0.1, 0.15) is 27.7 Å². The minimum atomic E-state index is 0.115. The van der Waals surface area contributed by atoms with E-state index < -0.39 is 0 Å². The Morgan fingerprint density at radius 3 is 1.89 bits per heavy atom. The number of nitrogens with zero attached hydrogens (tertiary/aromatic N) is 1. The van der Waals surface area contributed by atoms with Crippen molar-refractivity contribution in [1.29, 1.82) is 0 Å². The molecule has 0 unspecified atom stereocenters. The maximum absolute atomic E-state index is 4.36. The van der Waals surface area contributed by atoms with Gasteiger partial charge in [-0.25, -0.2) is 0 Å². The van der Waals surface area contributed by atoms with Crippen LogP contribution in [0.2, 0.25) is 0 Å². The molecule has 1 rings (SSSR count). The molecule has 1 heterocycles. The molecule has 0 amide bonds. The van der Waals surface area contributed by atoms with Crippen molar-refractivity contribution in [3.63, 3.8) is 0 Å². The number of thioether (sulfide) groups is 1. The van der Waals surface area contributed by atoms with E-state index in [1.54, 1.807) is 0 Å². The van der Waals surface area contributed by atoms with Crippen LogP contribution in [-0.2, 0) is 0 Å². The van der Waals surface area contributed by atoms with E-state index in [1.807, 2.05) is 18.0 Å². The maximum atomic E-state index is 4.36. The van der Waals surface area contributed by atoms with Gasteiger partial charge in [0.25, 0.3) is 0 Å². The second-order valence-electron chi connectivity index (χ2n) is 3.41. The molecule has 9 heavy (non-hydrogen) atoms. The van der Waals surface area contributed by atoms with Crippen LogP contribution in [0.5, 0.6) is 0 Å². The Bertz CT molecular complexity index is 131. The van der Waals surface area contributed by atoms with Crippen LogP contribution in [0.3, 0.4) is 0 Å². The lowest BCUT2D eigenvalue weighted by Gasteiger charge is -2.19. The predicted molar refractivity (Wildman–Crippen MR) is 44.2 cm³/mol. The van der Waals surface area contributed by atoms with Crippen LogP contribution in [0, 0.1) is 0 Å². The number of hydrogen-bond acceptors (Lipinski definition) is 2. The summed E-state index contributed by atoms with van der Waals surface area (Å²) in [5.74, 6) is 0. The summed E-state index contributed by atoms with van der Waals surface area (Å²) in [4.78, 5) is 4.47. The third-order valence-electron chi connectivity index (χ3n) is 1.20. The van der Waals surface area contributed by atoms with E-state index in [-0.39, 0.29) is 9.62 Å². The van der Waals surface area contributed by atoms with Gasteiger partial charge >= 0.3 is 0 Å². The highest BCUT2D eigenvalue weighted by Crippen LogP contribution is 2.41. The average molecular weight is 143 g/mol. The first-order chi connectivity index (χ1) is 3.91. The van der Waals surface area contributed by atoms with Crippen LogP contribution >= 0.6 is 11.8 Å². The molecule has 1 nitrogen and oxygen atoms in total. The van der Waals surface area contributed by atoms with E-state index in [1.165, 1.54) is 0 Å². The third kappa shape index (κ3) is 1.71. The SMILES string of the molecule is CC1(C)C=NC(C)(C)S1. The molecule has 52 valence electrons. The van der Waals surface area contributed by atoms with E-state index in [0.717, 1.165) is 0 Å². The molecular formula is C7H13NS. The van der Waals surface area contributed by atoms with Gasteiger partial charge in [-0.05, 0) is 27.7 Å². The van der Waals surface area contributed by atoms with Gasteiger partial charge in [-0.3, -0.25) is 4.99 Å². The predicted octanol–water partition coefficient (Wildman–Crippen LogP) is 2.32. The Labute approximate surface area is 60.9 Å². The third-order valence-corrected chi connectivity index (χ3v) is 2.44. The molecule has 0 N–H and O–H groups in total. The largest absolute Gasteiger partial charge is 0.279 e. The van der Waals surface area contributed by atoms with Crippen molar-refractivity contribution >= 4 is 18.0 Å². The fraction of sp³-hybridized carbons (Fsp3) is 0.857. The molecule has 0 saturated heterocycles. The van der Waals surface area contributed by atoms with Gasteiger partial charge in [-0.15, -0.1) is 11.8 Å². The van der Waals surface area contributed by atoms with Crippen molar-refractivity contribution in [1.82, 2.24) is 0 Å². The van der Waals surface area contributed by atoms with E-state index >= 15 is 0 Å². The lowest BCUT2D eigenvalue weighted by Crippen LogP contribution is -2.16. The quantitative estimate of drug-likeness (QED) is 0.507. The summed E-state index contributed by atoms with van der Waals surface area (Å²) in [5, 5.41) is 0. The van der Waals surface area contributed by atoms with Crippen LogP contribution in [0.4, 0.5) is 0 Å². The monoisotopic (exact) mass is 143 g/mol. The summed E-state index contributed by atoms with van der Waals surface area (Å²) in [6.07, 6.45) is 2.04. The van der Waals surface area contributed by atoms with Crippen molar-refractivity contribution in [3.05, 3.63) is 0 Å². The van der Waals surface area contributed by atoms with E-state index in [9.17, 15) is 0 Å². The van der Waals surface area contributed by atoms with Gasteiger partial charge in [0.1, 0.15) is 4.87 Å². The zero-order valence-corrected chi connectivity index (χ0v) is 7.25. The molecule has 0 aromatic carbocycles.